The molecule has 58 valence electrons. The van der Waals surface area contributed by atoms with Crippen LogP contribution in [0.4, 0.5) is 0 Å². The van der Waals surface area contributed by atoms with Crippen molar-refractivity contribution in [2.45, 2.75) is 44.6 Å². The maximum Gasteiger partial charge on any atom is 0.0812 e. The van der Waals surface area contributed by atoms with Gasteiger partial charge < -0.3 is 4.74 Å². The van der Waals surface area contributed by atoms with Gasteiger partial charge in [-0.2, -0.15) is 0 Å². The third kappa shape index (κ3) is 1.72. The van der Waals surface area contributed by atoms with Crippen molar-refractivity contribution >= 4 is 0 Å². The predicted molar refractivity (Wildman–Crippen MR) is 40.9 cm³/mol. The minimum Gasteiger partial charge on any atom is -0.373 e. The third-order valence-corrected chi connectivity index (χ3v) is 2.72. The molecule has 0 amide bonds. The van der Waals surface area contributed by atoms with Crippen LogP contribution in [-0.2, 0) is 4.74 Å². The molecule has 0 aromatic rings. The number of ether oxygens (including phenoxy) is 1. The first-order chi connectivity index (χ1) is 4.95. The average Bonchev–Trinajstić information content (AvgIpc) is 2.74. The number of rotatable bonds is 2. The van der Waals surface area contributed by atoms with Gasteiger partial charge in [0, 0.05) is 0 Å². The molecule has 2 rings (SSSR count). The van der Waals surface area contributed by atoms with Crippen molar-refractivity contribution in [1.29, 1.82) is 0 Å². The monoisotopic (exact) mass is 140 g/mol. The molecule has 0 aromatic carbocycles. The standard InChI is InChI=1S/C9H16O/c1-2-4-8(5-3-1)6-9-7-10-9/h8-9H,1-7H2/t9-/m0/s1. The second kappa shape index (κ2) is 2.91. The zero-order valence-corrected chi connectivity index (χ0v) is 6.51. The molecule has 1 aliphatic carbocycles. The summed E-state index contributed by atoms with van der Waals surface area (Å²) in [6.07, 6.45) is 9.39. The summed E-state index contributed by atoms with van der Waals surface area (Å²) < 4.78 is 5.21. The van der Waals surface area contributed by atoms with Gasteiger partial charge in [0.1, 0.15) is 0 Å². The van der Waals surface area contributed by atoms with E-state index >= 15 is 0 Å². The Hall–Kier alpha value is -0.0400. The lowest BCUT2D eigenvalue weighted by atomic mass is 9.86. The molecule has 1 saturated carbocycles. The van der Waals surface area contributed by atoms with E-state index < -0.39 is 0 Å². The van der Waals surface area contributed by atoms with Crippen LogP contribution in [0.5, 0.6) is 0 Å². The van der Waals surface area contributed by atoms with Crippen LogP contribution in [0, 0.1) is 5.92 Å². The summed E-state index contributed by atoms with van der Waals surface area (Å²) in [4.78, 5) is 0. The third-order valence-electron chi connectivity index (χ3n) is 2.72. The topological polar surface area (TPSA) is 12.5 Å². The minimum atomic E-state index is 0.670. The van der Waals surface area contributed by atoms with Crippen LogP contribution < -0.4 is 0 Å². The van der Waals surface area contributed by atoms with Crippen LogP contribution in [-0.4, -0.2) is 12.7 Å². The van der Waals surface area contributed by atoms with Crippen LogP contribution in [0.2, 0.25) is 0 Å². The number of epoxide rings is 1. The van der Waals surface area contributed by atoms with Crippen molar-refractivity contribution in [3.05, 3.63) is 0 Å². The average molecular weight is 140 g/mol. The largest absolute Gasteiger partial charge is 0.373 e. The number of hydrogen-bond acceptors (Lipinski definition) is 1. The molecule has 1 saturated heterocycles. The Labute approximate surface area is 62.8 Å². The van der Waals surface area contributed by atoms with Gasteiger partial charge >= 0.3 is 0 Å². The summed E-state index contributed by atoms with van der Waals surface area (Å²) in [5.74, 6) is 1.02. The van der Waals surface area contributed by atoms with Crippen molar-refractivity contribution < 1.29 is 4.74 Å². The molecule has 1 atom stereocenters. The molecule has 1 heteroatoms. The molecule has 2 aliphatic rings. The molecule has 10 heavy (non-hydrogen) atoms. The van der Waals surface area contributed by atoms with E-state index in [-0.39, 0.29) is 0 Å². The summed E-state index contributed by atoms with van der Waals surface area (Å²) in [6.45, 7) is 1.05. The molecule has 0 radical (unpaired) electrons. The van der Waals surface area contributed by atoms with E-state index in [1.54, 1.807) is 0 Å². The van der Waals surface area contributed by atoms with Gasteiger partial charge in [-0.25, -0.2) is 0 Å². The second-order valence-electron chi connectivity index (χ2n) is 3.70. The molecular formula is C9H16O. The van der Waals surface area contributed by atoms with Crippen molar-refractivity contribution in [2.75, 3.05) is 6.61 Å². The Balaban J connectivity index is 1.69. The smallest absolute Gasteiger partial charge is 0.0812 e. The van der Waals surface area contributed by atoms with Crippen LogP contribution in [0.15, 0.2) is 0 Å². The first kappa shape index (κ1) is 6.66. The lowest BCUT2D eigenvalue weighted by molar-refractivity contribution is 0.293. The van der Waals surface area contributed by atoms with Gasteiger partial charge in [0.2, 0.25) is 0 Å². The lowest BCUT2D eigenvalue weighted by Gasteiger charge is -2.20. The Morgan fingerprint density at radius 3 is 2.40 bits per heavy atom. The van der Waals surface area contributed by atoms with E-state index in [0.29, 0.717) is 6.10 Å². The Kier molecular flexibility index (Phi) is 1.94. The molecular weight excluding hydrogens is 124 g/mol. The minimum absolute atomic E-state index is 0.670. The molecule has 0 bridgehead atoms. The van der Waals surface area contributed by atoms with Crippen LogP contribution in [0.3, 0.4) is 0 Å². The molecule has 2 fully saturated rings. The van der Waals surface area contributed by atoms with Crippen molar-refractivity contribution in [3.63, 3.8) is 0 Å². The van der Waals surface area contributed by atoms with Gasteiger partial charge in [-0.15, -0.1) is 0 Å². The normalized spacial score (nSPS) is 34.2. The number of hydrogen-bond donors (Lipinski definition) is 0. The van der Waals surface area contributed by atoms with Gasteiger partial charge in [-0.3, -0.25) is 0 Å². The van der Waals surface area contributed by atoms with Crippen molar-refractivity contribution in [3.8, 4) is 0 Å². The summed E-state index contributed by atoms with van der Waals surface area (Å²) in [6, 6.07) is 0. The van der Waals surface area contributed by atoms with Crippen LogP contribution in [0.25, 0.3) is 0 Å². The summed E-state index contributed by atoms with van der Waals surface area (Å²) in [5.41, 5.74) is 0. The van der Waals surface area contributed by atoms with Crippen LogP contribution >= 0.6 is 0 Å². The van der Waals surface area contributed by atoms with Crippen LogP contribution in [0.1, 0.15) is 38.5 Å². The van der Waals surface area contributed by atoms with Gasteiger partial charge in [-0.1, -0.05) is 32.1 Å². The highest BCUT2D eigenvalue weighted by Crippen LogP contribution is 2.30. The van der Waals surface area contributed by atoms with E-state index in [2.05, 4.69) is 0 Å². The van der Waals surface area contributed by atoms with E-state index in [1.165, 1.54) is 38.5 Å². The highest BCUT2D eigenvalue weighted by molar-refractivity contribution is 4.76. The van der Waals surface area contributed by atoms with E-state index in [4.69, 9.17) is 4.74 Å². The van der Waals surface area contributed by atoms with Gasteiger partial charge in [0.15, 0.2) is 0 Å². The highest BCUT2D eigenvalue weighted by atomic mass is 16.6. The maximum absolute atomic E-state index is 5.21. The summed E-state index contributed by atoms with van der Waals surface area (Å²) in [7, 11) is 0. The zero-order chi connectivity index (χ0) is 6.81. The van der Waals surface area contributed by atoms with E-state index in [9.17, 15) is 0 Å². The summed E-state index contributed by atoms with van der Waals surface area (Å²) >= 11 is 0. The van der Waals surface area contributed by atoms with Gasteiger partial charge in [-0.05, 0) is 12.3 Å². The van der Waals surface area contributed by atoms with Crippen molar-refractivity contribution in [1.82, 2.24) is 0 Å². The quantitative estimate of drug-likeness (QED) is 0.536. The molecule has 1 heterocycles. The molecule has 1 aliphatic heterocycles. The van der Waals surface area contributed by atoms with E-state index in [1.807, 2.05) is 0 Å². The fourth-order valence-electron chi connectivity index (χ4n) is 2.00. The fraction of sp³-hybridized carbons (Fsp3) is 1.00. The molecule has 0 unspecified atom stereocenters. The molecule has 1 nitrogen and oxygen atoms in total. The lowest BCUT2D eigenvalue weighted by Crippen LogP contribution is -2.08. The SMILES string of the molecule is C1CCC(C[C@H]2CO2)CC1. The zero-order valence-electron chi connectivity index (χ0n) is 6.51. The maximum atomic E-state index is 5.21. The molecule has 0 N–H and O–H groups in total. The first-order valence-electron chi connectivity index (χ1n) is 4.57. The Bertz CT molecular complexity index is 101. The molecule has 0 aromatic heterocycles. The van der Waals surface area contributed by atoms with Gasteiger partial charge in [0.25, 0.3) is 0 Å². The highest BCUT2D eigenvalue weighted by Gasteiger charge is 2.27. The van der Waals surface area contributed by atoms with E-state index in [0.717, 1.165) is 12.5 Å². The Morgan fingerprint density at radius 2 is 1.80 bits per heavy atom. The fourth-order valence-corrected chi connectivity index (χ4v) is 2.00. The first-order valence-corrected chi connectivity index (χ1v) is 4.57. The second-order valence-corrected chi connectivity index (χ2v) is 3.70. The molecule has 0 spiro atoms. The van der Waals surface area contributed by atoms with Crippen molar-refractivity contribution in [2.24, 2.45) is 5.92 Å². The predicted octanol–water partition coefficient (Wildman–Crippen LogP) is 2.36. The van der Waals surface area contributed by atoms with Gasteiger partial charge in [0.05, 0.1) is 12.7 Å². The summed E-state index contributed by atoms with van der Waals surface area (Å²) in [5, 5.41) is 0. The Morgan fingerprint density at radius 1 is 1.10 bits per heavy atom.